The van der Waals surface area contributed by atoms with Gasteiger partial charge in [-0.15, -0.1) is 0 Å². The minimum absolute atomic E-state index is 0.0376. The van der Waals surface area contributed by atoms with E-state index in [0.717, 1.165) is 10.0 Å². The minimum Gasteiger partial charge on any atom is -0.373 e. The summed E-state index contributed by atoms with van der Waals surface area (Å²) in [5, 5.41) is 0. The van der Waals surface area contributed by atoms with Crippen LogP contribution in [0.25, 0.3) is 0 Å². The molecular formula is C11H11BrO2. The van der Waals surface area contributed by atoms with Crippen LogP contribution in [0.1, 0.15) is 24.5 Å². The summed E-state index contributed by atoms with van der Waals surface area (Å²) in [4.78, 5) is 11.2. The summed E-state index contributed by atoms with van der Waals surface area (Å²) in [5.41, 5.74) is 1.08. The molecule has 0 saturated carbocycles. The largest absolute Gasteiger partial charge is 0.373 e. The van der Waals surface area contributed by atoms with E-state index in [1.165, 1.54) is 0 Å². The van der Waals surface area contributed by atoms with Crippen LogP contribution in [0, 0.1) is 0 Å². The lowest BCUT2D eigenvalue weighted by molar-refractivity contribution is -0.128. The first-order valence-corrected chi connectivity index (χ1v) is 5.44. The standard InChI is InChI=1S/C11H11BrO2/c12-9-3-1-8(2-4-9)11-7-10(13)5-6-14-11/h1-4,11H,5-7H2. The van der Waals surface area contributed by atoms with Crippen LogP contribution in [-0.2, 0) is 9.53 Å². The van der Waals surface area contributed by atoms with Crippen LogP contribution in [0.5, 0.6) is 0 Å². The summed E-state index contributed by atoms with van der Waals surface area (Å²) in [6.45, 7) is 0.555. The van der Waals surface area contributed by atoms with Crippen molar-refractivity contribution in [1.82, 2.24) is 0 Å². The van der Waals surface area contributed by atoms with Gasteiger partial charge in [-0.05, 0) is 17.7 Å². The van der Waals surface area contributed by atoms with E-state index in [9.17, 15) is 4.79 Å². The Morgan fingerprint density at radius 3 is 2.64 bits per heavy atom. The molecule has 2 nitrogen and oxygen atoms in total. The molecule has 1 aromatic rings. The number of rotatable bonds is 1. The lowest BCUT2D eigenvalue weighted by atomic mass is 10.0. The number of hydrogen-bond donors (Lipinski definition) is 0. The van der Waals surface area contributed by atoms with Crippen LogP contribution < -0.4 is 0 Å². The van der Waals surface area contributed by atoms with E-state index in [1.807, 2.05) is 24.3 Å². The van der Waals surface area contributed by atoms with E-state index in [4.69, 9.17) is 4.74 Å². The van der Waals surface area contributed by atoms with Crippen LogP contribution in [0.4, 0.5) is 0 Å². The third-order valence-corrected chi connectivity index (χ3v) is 2.88. The molecule has 1 fully saturated rings. The van der Waals surface area contributed by atoms with E-state index in [1.54, 1.807) is 0 Å². The second-order valence-electron chi connectivity index (χ2n) is 3.40. The van der Waals surface area contributed by atoms with E-state index in [2.05, 4.69) is 15.9 Å². The Balaban J connectivity index is 2.14. The molecule has 1 heterocycles. The smallest absolute Gasteiger partial charge is 0.138 e. The third-order valence-electron chi connectivity index (χ3n) is 2.35. The summed E-state index contributed by atoms with van der Waals surface area (Å²) in [5.74, 6) is 0.296. The Bertz CT molecular complexity index is 332. The fraction of sp³-hybridized carbons (Fsp3) is 0.364. The Kier molecular flexibility index (Phi) is 2.99. The predicted octanol–water partition coefficient (Wildman–Crippen LogP) is 2.87. The lowest BCUT2D eigenvalue weighted by Gasteiger charge is -2.22. The van der Waals surface area contributed by atoms with Crippen molar-refractivity contribution in [2.45, 2.75) is 18.9 Å². The van der Waals surface area contributed by atoms with Crippen molar-refractivity contribution in [3.8, 4) is 0 Å². The average molecular weight is 255 g/mol. The SMILES string of the molecule is O=C1CCOC(c2ccc(Br)cc2)C1. The van der Waals surface area contributed by atoms with Gasteiger partial charge in [0.25, 0.3) is 0 Å². The number of ether oxygens (including phenoxy) is 1. The monoisotopic (exact) mass is 254 g/mol. The molecule has 3 heteroatoms. The quantitative estimate of drug-likeness (QED) is 0.771. The first kappa shape index (κ1) is 9.87. The van der Waals surface area contributed by atoms with Gasteiger partial charge in [-0.1, -0.05) is 28.1 Å². The molecule has 14 heavy (non-hydrogen) atoms. The molecule has 0 spiro atoms. The van der Waals surface area contributed by atoms with Gasteiger partial charge in [0.1, 0.15) is 5.78 Å². The lowest BCUT2D eigenvalue weighted by Crippen LogP contribution is -2.19. The molecule has 2 rings (SSSR count). The molecule has 1 unspecified atom stereocenters. The zero-order valence-electron chi connectivity index (χ0n) is 7.70. The Hall–Kier alpha value is -0.670. The molecule has 0 aromatic heterocycles. The zero-order valence-corrected chi connectivity index (χ0v) is 9.29. The number of carbonyl (C=O) groups excluding carboxylic acids is 1. The van der Waals surface area contributed by atoms with Crippen LogP contribution in [-0.4, -0.2) is 12.4 Å². The van der Waals surface area contributed by atoms with Crippen molar-refractivity contribution in [1.29, 1.82) is 0 Å². The van der Waals surface area contributed by atoms with Crippen molar-refractivity contribution in [3.63, 3.8) is 0 Å². The molecule has 0 bridgehead atoms. The Morgan fingerprint density at radius 1 is 1.29 bits per heavy atom. The predicted molar refractivity (Wildman–Crippen MR) is 57.1 cm³/mol. The number of ketones is 1. The summed E-state index contributed by atoms with van der Waals surface area (Å²) >= 11 is 3.37. The van der Waals surface area contributed by atoms with Crippen LogP contribution >= 0.6 is 15.9 Å². The second-order valence-corrected chi connectivity index (χ2v) is 4.32. The number of carbonyl (C=O) groups is 1. The average Bonchev–Trinajstić information content (AvgIpc) is 2.19. The zero-order chi connectivity index (χ0) is 9.97. The highest BCUT2D eigenvalue weighted by atomic mass is 79.9. The number of Topliss-reactive ketones (excluding diaryl/α,β-unsaturated/α-hetero) is 1. The summed E-state index contributed by atoms with van der Waals surface area (Å²) in [6.07, 6.45) is 1.04. The Labute approximate surface area is 91.4 Å². The third kappa shape index (κ3) is 2.22. The van der Waals surface area contributed by atoms with Gasteiger partial charge >= 0.3 is 0 Å². The van der Waals surface area contributed by atoms with Crippen molar-refractivity contribution in [2.24, 2.45) is 0 Å². The maximum atomic E-state index is 11.2. The molecule has 1 saturated heterocycles. The highest BCUT2D eigenvalue weighted by molar-refractivity contribution is 9.10. The van der Waals surface area contributed by atoms with E-state index >= 15 is 0 Å². The highest BCUT2D eigenvalue weighted by Gasteiger charge is 2.21. The van der Waals surface area contributed by atoms with Crippen molar-refractivity contribution >= 4 is 21.7 Å². The van der Waals surface area contributed by atoms with Crippen LogP contribution in [0.3, 0.4) is 0 Å². The Morgan fingerprint density at radius 2 is 2.00 bits per heavy atom. The molecule has 74 valence electrons. The maximum absolute atomic E-state index is 11.2. The first-order valence-electron chi connectivity index (χ1n) is 4.64. The van der Waals surface area contributed by atoms with E-state index in [0.29, 0.717) is 25.2 Å². The number of halogens is 1. The molecule has 0 aliphatic carbocycles. The molecule has 0 radical (unpaired) electrons. The maximum Gasteiger partial charge on any atom is 0.138 e. The van der Waals surface area contributed by atoms with Crippen LogP contribution in [0.2, 0.25) is 0 Å². The van der Waals surface area contributed by atoms with Gasteiger partial charge in [-0.3, -0.25) is 4.79 Å². The molecule has 1 aliphatic heterocycles. The minimum atomic E-state index is -0.0376. The first-order chi connectivity index (χ1) is 6.75. The molecule has 0 N–H and O–H groups in total. The second kappa shape index (κ2) is 4.24. The topological polar surface area (TPSA) is 26.3 Å². The van der Waals surface area contributed by atoms with Gasteiger partial charge in [0.2, 0.25) is 0 Å². The van der Waals surface area contributed by atoms with Gasteiger partial charge in [0.05, 0.1) is 12.7 Å². The van der Waals surface area contributed by atoms with E-state index < -0.39 is 0 Å². The van der Waals surface area contributed by atoms with Gasteiger partial charge < -0.3 is 4.74 Å². The van der Waals surface area contributed by atoms with E-state index in [-0.39, 0.29) is 6.10 Å². The van der Waals surface area contributed by atoms with Crippen LogP contribution in [0.15, 0.2) is 28.7 Å². The van der Waals surface area contributed by atoms with Gasteiger partial charge in [-0.2, -0.15) is 0 Å². The van der Waals surface area contributed by atoms with Crippen molar-refractivity contribution in [3.05, 3.63) is 34.3 Å². The highest BCUT2D eigenvalue weighted by Crippen LogP contribution is 2.26. The fourth-order valence-electron chi connectivity index (χ4n) is 1.57. The number of benzene rings is 1. The van der Waals surface area contributed by atoms with Gasteiger partial charge in [0.15, 0.2) is 0 Å². The van der Waals surface area contributed by atoms with Crippen molar-refractivity contribution < 1.29 is 9.53 Å². The number of hydrogen-bond acceptors (Lipinski definition) is 2. The normalized spacial score (nSPS) is 22.4. The summed E-state index contributed by atoms with van der Waals surface area (Å²) in [6, 6.07) is 7.93. The van der Waals surface area contributed by atoms with Crippen molar-refractivity contribution in [2.75, 3.05) is 6.61 Å². The molecule has 1 aromatic carbocycles. The molecule has 0 amide bonds. The molecule has 1 aliphatic rings. The van der Waals surface area contributed by atoms with Gasteiger partial charge in [0, 0.05) is 17.3 Å². The summed E-state index contributed by atoms with van der Waals surface area (Å²) in [7, 11) is 0. The summed E-state index contributed by atoms with van der Waals surface area (Å²) < 4.78 is 6.58. The molecule has 1 atom stereocenters. The fourth-order valence-corrected chi connectivity index (χ4v) is 1.84. The van der Waals surface area contributed by atoms with Gasteiger partial charge in [-0.25, -0.2) is 0 Å². The molecular weight excluding hydrogens is 244 g/mol.